The van der Waals surface area contributed by atoms with E-state index in [-0.39, 0.29) is 0 Å². The molecule has 0 spiro atoms. The van der Waals surface area contributed by atoms with Crippen LogP contribution in [-0.2, 0) is 0 Å². The SMILES string of the molecule is CCC/C(=C/N)c1ccccc1. The summed E-state index contributed by atoms with van der Waals surface area (Å²) in [6, 6.07) is 10.3. The van der Waals surface area contributed by atoms with Crippen LogP contribution in [0.5, 0.6) is 0 Å². The lowest BCUT2D eigenvalue weighted by Crippen LogP contribution is -1.88. The largest absolute Gasteiger partial charge is 0.404 e. The molecule has 0 saturated heterocycles. The molecule has 12 heavy (non-hydrogen) atoms. The van der Waals surface area contributed by atoms with Crippen molar-refractivity contribution >= 4 is 5.57 Å². The molecule has 0 aromatic heterocycles. The van der Waals surface area contributed by atoms with Gasteiger partial charge in [-0.2, -0.15) is 0 Å². The lowest BCUT2D eigenvalue weighted by Gasteiger charge is -2.03. The molecule has 0 atom stereocenters. The highest BCUT2D eigenvalue weighted by Crippen LogP contribution is 2.17. The molecule has 64 valence electrons. The molecule has 0 heterocycles. The summed E-state index contributed by atoms with van der Waals surface area (Å²) >= 11 is 0. The Morgan fingerprint density at radius 3 is 2.50 bits per heavy atom. The Balaban J connectivity index is 2.82. The summed E-state index contributed by atoms with van der Waals surface area (Å²) in [5, 5.41) is 0. The van der Waals surface area contributed by atoms with Gasteiger partial charge < -0.3 is 5.73 Å². The minimum absolute atomic E-state index is 1.06. The van der Waals surface area contributed by atoms with Gasteiger partial charge in [0.15, 0.2) is 0 Å². The fraction of sp³-hybridized carbons (Fsp3) is 0.273. The van der Waals surface area contributed by atoms with Gasteiger partial charge in [0.1, 0.15) is 0 Å². The summed E-state index contributed by atoms with van der Waals surface area (Å²) in [5.74, 6) is 0. The van der Waals surface area contributed by atoms with Crippen LogP contribution >= 0.6 is 0 Å². The van der Waals surface area contributed by atoms with E-state index in [4.69, 9.17) is 5.73 Å². The average molecular weight is 161 g/mol. The van der Waals surface area contributed by atoms with Crippen LogP contribution in [0.15, 0.2) is 36.5 Å². The number of hydrogen-bond donors (Lipinski definition) is 1. The number of rotatable bonds is 3. The lowest BCUT2D eigenvalue weighted by atomic mass is 10.0. The van der Waals surface area contributed by atoms with Crippen LogP contribution in [-0.4, -0.2) is 0 Å². The van der Waals surface area contributed by atoms with Gasteiger partial charge in [-0.15, -0.1) is 0 Å². The van der Waals surface area contributed by atoms with Gasteiger partial charge in [0.05, 0.1) is 0 Å². The molecule has 1 rings (SSSR count). The number of allylic oxidation sites excluding steroid dienone is 1. The van der Waals surface area contributed by atoms with Crippen LogP contribution < -0.4 is 5.73 Å². The van der Waals surface area contributed by atoms with Gasteiger partial charge in [0.2, 0.25) is 0 Å². The van der Waals surface area contributed by atoms with Crippen LogP contribution in [0.2, 0.25) is 0 Å². The van der Waals surface area contributed by atoms with E-state index in [9.17, 15) is 0 Å². The molecule has 0 radical (unpaired) electrons. The molecule has 0 aliphatic rings. The zero-order chi connectivity index (χ0) is 8.81. The highest BCUT2D eigenvalue weighted by molar-refractivity contribution is 5.64. The van der Waals surface area contributed by atoms with Crippen LogP contribution in [0, 0.1) is 0 Å². The molecule has 1 aromatic rings. The first-order chi connectivity index (χ1) is 5.88. The van der Waals surface area contributed by atoms with E-state index in [1.807, 2.05) is 18.2 Å². The number of hydrogen-bond acceptors (Lipinski definition) is 1. The maximum atomic E-state index is 5.53. The van der Waals surface area contributed by atoms with Crippen molar-refractivity contribution in [2.75, 3.05) is 0 Å². The summed E-state index contributed by atoms with van der Waals surface area (Å²) in [6.45, 7) is 2.16. The van der Waals surface area contributed by atoms with Crippen LogP contribution in [0.1, 0.15) is 25.3 Å². The van der Waals surface area contributed by atoms with Gasteiger partial charge in [0.25, 0.3) is 0 Å². The molecule has 0 bridgehead atoms. The Bertz CT molecular complexity index is 249. The Morgan fingerprint density at radius 2 is 2.00 bits per heavy atom. The van der Waals surface area contributed by atoms with Crippen LogP contribution in [0.4, 0.5) is 0 Å². The molecule has 0 amide bonds. The monoisotopic (exact) mass is 161 g/mol. The van der Waals surface area contributed by atoms with Crippen molar-refractivity contribution in [1.29, 1.82) is 0 Å². The third-order valence-corrected chi connectivity index (χ3v) is 1.87. The molecule has 0 unspecified atom stereocenters. The van der Waals surface area contributed by atoms with Crippen molar-refractivity contribution in [2.45, 2.75) is 19.8 Å². The maximum absolute atomic E-state index is 5.53. The van der Waals surface area contributed by atoms with Gasteiger partial charge in [0, 0.05) is 0 Å². The number of benzene rings is 1. The Morgan fingerprint density at radius 1 is 1.33 bits per heavy atom. The van der Waals surface area contributed by atoms with Gasteiger partial charge in [-0.25, -0.2) is 0 Å². The van der Waals surface area contributed by atoms with Gasteiger partial charge >= 0.3 is 0 Å². The maximum Gasteiger partial charge on any atom is -0.00237 e. The van der Waals surface area contributed by atoms with Crippen LogP contribution in [0.25, 0.3) is 5.57 Å². The Kier molecular flexibility index (Phi) is 3.39. The topological polar surface area (TPSA) is 26.0 Å². The molecular weight excluding hydrogens is 146 g/mol. The van der Waals surface area contributed by atoms with E-state index in [0.717, 1.165) is 12.8 Å². The van der Waals surface area contributed by atoms with Crippen molar-refractivity contribution in [3.8, 4) is 0 Å². The lowest BCUT2D eigenvalue weighted by molar-refractivity contribution is 0.971. The second-order valence-electron chi connectivity index (χ2n) is 2.81. The molecule has 2 N–H and O–H groups in total. The quantitative estimate of drug-likeness (QED) is 0.724. The second-order valence-corrected chi connectivity index (χ2v) is 2.81. The van der Waals surface area contributed by atoms with E-state index < -0.39 is 0 Å². The standard InChI is InChI=1S/C11H15N/c1-2-6-11(9-12)10-7-4-3-5-8-10/h3-5,7-9H,2,6,12H2,1H3/b11-9-. The van der Waals surface area contributed by atoms with Crippen molar-refractivity contribution in [1.82, 2.24) is 0 Å². The normalized spacial score (nSPS) is 11.6. The summed E-state index contributed by atoms with van der Waals surface area (Å²) in [4.78, 5) is 0. The van der Waals surface area contributed by atoms with Crippen molar-refractivity contribution in [3.05, 3.63) is 42.1 Å². The fourth-order valence-corrected chi connectivity index (χ4v) is 1.25. The molecule has 0 aliphatic carbocycles. The third kappa shape index (κ3) is 2.12. The average Bonchev–Trinajstić information content (AvgIpc) is 2.15. The number of nitrogens with two attached hydrogens (primary N) is 1. The highest BCUT2D eigenvalue weighted by atomic mass is 14.5. The van der Waals surface area contributed by atoms with Crippen LogP contribution in [0.3, 0.4) is 0 Å². The summed E-state index contributed by atoms with van der Waals surface area (Å²) in [6.07, 6.45) is 3.90. The first kappa shape index (κ1) is 8.85. The third-order valence-electron chi connectivity index (χ3n) is 1.87. The molecule has 1 heteroatoms. The molecular formula is C11H15N. The van der Waals surface area contributed by atoms with E-state index in [0.29, 0.717) is 0 Å². The molecule has 1 aromatic carbocycles. The molecule has 1 nitrogen and oxygen atoms in total. The minimum Gasteiger partial charge on any atom is -0.404 e. The van der Waals surface area contributed by atoms with E-state index in [1.54, 1.807) is 6.20 Å². The van der Waals surface area contributed by atoms with Crippen molar-refractivity contribution in [3.63, 3.8) is 0 Å². The Hall–Kier alpha value is -1.24. The van der Waals surface area contributed by atoms with E-state index in [2.05, 4.69) is 19.1 Å². The zero-order valence-electron chi connectivity index (χ0n) is 7.46. The smallest absolute Gasteiger partial charge is 0.00237 e. The second kappa shape index (κ2) is 4.60. The minimum atomic E-state index is 1.06. The van der Waals surface area contributed by atoms with Crippen molar-refractivity contribution in [2.24, 2.45) is 5.73 Å². The molecule has 0 fully saturated rings. The first-order valence-electron chi connectivity index (χ1n) is 4.34. The fourth-order valence-electron chi connectivity index (χ4n) is 1.25. The summed E-state index contributed by atoms with van der Waals surface area (Å²) < 4.78 is 0. The zero-order valence-corrected chi connectivity index (χ0v) is 7.46. The predicted molar refractivity (Wildman–Crippen MR) is 53.5 cm³/mol. The highest BCUT2D eigenvalue weighted by Gasteiger charge is 1.97. The Labute approximate surface area is 73.9 Å². The van der Waals surface area contributed by atoms with E-state index in [1.165, 1.54) is 11.1 Å². The van der Waals surface area contributed by atoms with Gasteiger partial charge in [-0.3, -0.25) is 0 Å². The predicted octanol–water partition coefficient (Wildman–Crippen LogP) is 2.79. The molecule has 0 aliphatic heterocycles. The summed E-state index contributed by atoms with van der Waals surface area (Å²) in [5.41, 5.74) is 8.00. The first-order valence-corrected chi connectivity index (χ1v) is 4.34. The summed E-state index contributed by atoms with van der Waals surface area (Å²) in [7, 11) is 0. The van der Waals surface area contributed by atoms with Crippen molar-refractivity contribution < 1.29 is 0 Å². The molecule has 0 saturated carbocycles. The van der Waals surface area contributed by atoms with Gasteiger partial charge in [-0.1, -0.05) is 43.7 Å². The van der Waals surface area contributed by atoms with Gasteiger partial charge in [-0.05, 0) is 23.8 Å². The van der Waals surface area contributed by atoms with E-state index >= 15 is 0 Å².